The van der Waals surface area contributed by atoms with Gasteiger partial charge in [0.25, 0.3) is 0 Å². The number of alkyl halides is 3. The molecule has 2 aromatic rings. The minimum absolute atomic E-state index is 0. The molecule has 13 heteroatoms. The summed E-state index contributed by atoms with van der Waals surface area (Å²) in [4.78, 5) is 25.5. The number of H-pyrrole nitrogens is 1. The van der Waals surface area contributed by atoms with Gasteiger partial charge in [0.05, 0.1) is 15.9 Å². The molecular weight excluding hydrogens is 358 g/mol. The minimum Gasteiger partial charge on any atom is -0.373 e. The van der Waals surface area contributed by atoms with Gasteiger partial charge in [-0.05, 0) is 20.8 Å². The summed E-state index contributed by atoms with van der Waals surface area (Å²) in [5.41, 5.74) is -3.71. The number of nitrogens with one attached hydrogen (secondary N) is 2. The molecular formula is C12H12F3N5NaO4+. The predicted octanol–water partition coefficient (Wildman–Crippen LogP) is 0.612. The fourth-order valence-electron chi connectivity index (χ4n) is 2.06. The van der Waals surface area contributed by atoms with Crippen LogP contribution in [0.3, 0.4) is 0 Å². The predicted molar refractivity (Wildman–Crippen MR) is 77.8 cm³/mol. The van der Waals surface area contributed by atoms with Crippen LogP contribution in [0.4, 0.5) is 30.2 Å². The first-order valence-electron chi connectivity index (χ1n) is 6.52. The number of halogens is 3. The van der Waals surface area contributed by atoms with Crippen molar-refractivity contribution in [3.63, 3.8) is 0 Å². The van der Waals surface area contributed by atoms with Crippen molar-refractivity contribution in [2.45, 2.75) is 32.5 Å². The van der Waals surface area contributed by atoms with E-state index in [1.807, 2.05) is 4.98 Å². The quantitative estimate of drug-likeness (QED) is 0.463. The van der Waals surface area contributed by atoms with Crippen LogP contribution in [0.1, 0.15) is 26.6 Å². The van der Waals surface area contributed by atoms with Gasteiger partial charge in [-0.2, -0.15) is 13.2 Å². The second-order valence-corrected chi connectivity index (χ2v) is 5.99. The molecule has 0 aliphatic rings. The molecule has 0 amide bonds. The van der Waals surface area contributed by atoms with Crippen LogP contribution < -0.4 is 34.9 Å². The zero-order valence-electron chi connectivity index (χ0n) is 13.7. The van der Waals surface area contributed by atoms with Gasteiger partial charge in [0.2, 0.25) is 5.82 Å². The first-order valence-corrected chi connectivity index (χ1v) is 6.52. The molecule has 0 saturated carbocycles. The molecule has 25 heavy (non-hydrogen) atoms. The summed E-state index contributed by atoms with van der Waals surface area (Å²) in [6.07, 6.45) is -4.89. The van der Waals surface area contributed by atoms with E-state index in [1.54, 1.807) is 20.8 Å². The van der Waals surface area contributed by atoms with Crippen molar-refractivity contribution in [1.82, 2.24) is 9.97 Å². The number of non-ortho nitro benzene ring substituents is 1. The standard InChI is InChI=1S/C12H12F3N5O4.Na/c1-11(2,3)18-8-6(20(23)24)4-5(19(21)22)7-9(8)17-10(16-7)12(13,14)15;/h4,18H,1-3H3,(H,16,17);/q;+1. The van der Waals surface area contributed by atoms with Crippen molar-refractivity contribution in [3.05, 3.63) is 32.1 Å². The largest absolute Gasteiger partial charge is 1.00 e. The normalized spacial score (nSPS) is 11.9. The number of rotatable bonds is 3. The van der Waals surface area contributed by atoms with Crippen LogP contribution in [0.15, 0.2) is 6.07 Å². The molecule has 0 aliphatic heterocycles. The molecule has 0 aliphatic carbocycles. The summed E-state index contributed by atoms with van der Waals surface area (Å²) in [6.45, 7) is 4.89. The maximum absolute atomic E-state index is 12.9. The average Bonchev–Trinajstić information content (AvgIpc) is 2.81. The summed E-state index contributed by atoms with van der Waals surface area (Å²) in [5, 5.41) is 25.0. The Morgan fingerprint density at radius 3 is 2.04 bits per heavy atom. The number of imidazole rings is 1. The number of nitrogens with zero attached hydrogens (tertiary/aromatic N) is 3. The second kappa shape index (κ2) is 6.77. The Hall–Kier alpha value is -1.92. The fourth-order valence-corrected chi connectivity index (χ4v) is 2.06. The number of hydrogen-bond donors (Lipinski definition) is 2. The Kier molecular flexibility index (Phi) is 5.72. The van der Waals surface area contributed by atoms with Gasteiger partial charge in [0.1, 0.15) is 11.2 Å². The van der Waals surface area contributed by atoms with Crippen molar-refractivity contribution >= 4 is 28.1 Å². The molecule has 130 valence electrons. The molecule has 1 aromatic heterocycles. The second-order valence-electron chi connectivity index (χ2n) is 5.99. The molecule has 9 nitrogen and oxygen atoms in total. The maximum atomic E-state index is 12.9. The van der Waals surface area contributed by atoms with Gasteiger partial charge >= 0.3 is 47.1 Å². The van der Waals surface area contributed by atoms with Crippen LogP contribution >= 0.6 is 0 Å². The Bertz CT molecular complexity index is 844. The Morgan fingerprint density at radius 1 is 1.12 bits per heavy atom. The van der Waals surface area contributed by atoms with Gasteiger partial charge in [-0.15, -0.1) is 0 Å². The first kappa shape index (κ1) is 21.1. The SMILES string of the molecule is CC(C)(C)Nc1c([N+](=O)[O-])cc([N+](=O)[O-])c2nc(C(F)(F)F)[nH]c12.[Na+]. The molecule has 1 aromatic carbocycles. The van der Waals surface area contributed by atoms with Crippen molar-refractivity contribution in [1.29, 1.82) is 0 Å². The summed E-state index contributed by atoms with van der Waals surface area (Å²) in [7, 11) is 0. The van der Waals surface area contributed by atoms with E-state index in [9.17, 15) is 33.4 Å². The van der Waals surface area contributed by atoms with Crippen LogP contribution in [0.25, 0.3) is 11.0 Å². The van der Waals surface area contributed by atoms with E-state index in [2.05, 4.69) is 10.3 Å². The number of nitro benzene ring substituents is 2. The number of hydrogen-bond acceptors (Lipinski definition) is 6. The number of fused-ring (bicyclic) bond motifs is 1. The third-order valence-electron chi connectivity index (χ3n) is 2.89. The van der Waals surface area contributed by atoms with Gasteiger partial charge < -0.3 is 10.3 Å². The van der Waals surface area contributed by atoms with Gasteiger partial charge in [0.15, 0.2) is 5.52 Å². The van der Waals surface area contributed by atoms with E-state index >= 15 is 0 Å². The van der Waals surface area contributed by atoms with Crippen molar-refractivity contribution < 1.29 is 52.6 Å². The number of aromatic amines is 1. The van der Waals surface area contributed by atoms with Crippen molar-refractivity contribution in [2.24, 2.45) is 0 Å². The Morgan fingerprint density at radius 2 is 1.64 bits per heavy atom. The van der Waals surface area contributed by atoms with E-state index in [-0.39, 0.29) is 35.2 Å². The zero-order chi connectivity index (χ0) is 18.4. The smallest absolute Gasteiger partial charge is 0.373 e. The molecule has 0 atom stereocenters. The van der Waals surface area contributed by atoms with Crippen LogP contribution in [-0.4, -0.2) is 25.4 Å². The fraction of sp³-hybridized carbons (Fsp3) is 0.417. The molecule has 0 bridgehead atoms. The van der Waals surface area contributed by atoms with Crippen LogP contribution in [0.2, 0.25) is 0 Å². The molecule has 1 heterocycles. The van der Waals surface area contributed by atoms with Crippen LogP contribution in [-0.2, 0) is 6.18 Å². The van der Waals surface area contributed by atoms with E-state index < -0.39 is 49.8 Å². The summed E-state index contributed by atoms with van der Waals surface area (Å²) in [5.74, 6) is -1.47. The van der Waals surface area contributed by atoms with Crippen molar-refractivity contribution in [3.8, 4) is 0 Å². The summed E-state index contributed by atoms with van der Waals surface area (Å²) >= 11 is 0. The van der Waals surface area contributed by atoms with Gasteiger partial charge in [-0.3, -0.25) is 20.2 Å². The molecule has 0 spiro atoms. The Balaban J connectivity index is 0.00000312. The maximum Gasteiger partial charge on any atom is 1.00 e. The molecule has 0 unspecified atom stereocenters. The molecule has 2 N–H and O–H groups in total. The van der Waals surface area contributed by atoms with Gasteiger partial charge in [-0.25, -0.2) is 4.98 Å². The van der Waals surface area contributed by atoms with Crippen molar-refractivity contribution in [2.75, 3.05) is 5.32 Å². The number of benzene rings is 1. The summed E-state index contributed by atoms with van der Waals surface area (Å²) in [6, 6.07) is 0.595. The van der Waals surface area contributed by atoms with Crippen LogP contribution in [0, 0.1) is 20.2 Å². The number of anilines is 1. The summed E-state index contributed by atoms with van der Waals surface area (Å²) < 4.78 is 38.6. The Labute approximate surface area is 160 Å². The van der Waals surface area contributed by atoms with Crippen LogP contribution in [0.5, 0.6) is 0 Å². The number of nitro groups is 2. The topological polar surface area (TPSA) is 127 Å². The molecule has 0 radical (unpaired) electrons. The number of aromatic nitrogens is 2. The molecule has 2 rings (SSSR count). The van der Waals surface area contributed by atoms with E-state index in [4.69, 9.17) is 0 Å². The van der Waals surface area contributed by atoms with E-state index in [0.717, 1.165) is 0 Å². The third kappa shape index (κ3) is 4.38. The monoisotopic (exact) mass is 370 g/mol. The first-order chi connectivity index (χ1) is 10.8. The third-order valence-corrected chi connectivity index (χ3v) is 2.89. The molecule has 0 saturated heterocycles. The molecule has 0 fully saturated rings. The average molecular weight is 370 g/mol. The minimum atomic E-state index is -4.89. The van der Waals surface area contributed by atoms with Gasteiger partial charge in [-0.1, -0.05) is 0 Å². The zero-order valence-corrected chi connectivity index (χ0v) is 15.7. The van der Waals surface area contributed by atoms with Gasteiger partial charge in [0, 0.05) is 5.54 Å². The van der Waals surface area contributed by atoms with E-state index in [0.29, 0.717) is 6.07 Å². The van der Waals surface area contributed by atoms with E-state index in [1.165, 1.54) is 0 Å².